The van der Waals surface area contributed by atoms with Gasteiger partial charge in [0.1, 0.15) is 0 Å². The van der Waals surface area contributed by atoms with E-state index in [2.05, 4.69) is 4.98 Å². The summed E-state index contributed by atoms with van der Waals surface area (Å²) in [5.41, 5.74) is -1.19. The highest BCUT2D eigenvalue weighted by Crippen LogP contribution is 2.51. The zero-order valence-corrected chi connectivity index (χ0v) is 11.2. The Morgan fingerprint density at radius 2 is 2.00 bits per heavy atom. The van der Waals surface area contributed by atoms with E-state index in [1.807, 2.05) is 13.8 Å². The number of nitrogens with zero attached hydrogens (tertiary/aromatic N) is 1. The molecule has 1 atom stereocenters. The second kappa shape index (κ2) is 4.50. The second-order valence-corrected chi connectivity index (χ2v) is 5.63. The summed E-state index contributed by atoms with van der Waals surface area (Å²) in [7, 11) is 1.38. The van der Waals surface area contributed by atoms with Crippen molar-refractivity contribution in [2.45, 2.75) is 45.1 Å². The van der Waals surface area contributed by atoms with Gasteiger partial charge in [-0.1, -0.05) is 26.7 Å². The van der Waals surface area contributed by atoms with Crippen LogP contribution in [0, 0.1) is 11.2 Å². The van der Waals surface area contributed by atoms with Crippen molar-refractivity contribution in [3.05, 3.63) is 23.6 Å². The summed E-state index contributed by atoms with van der Waals surface area (Å²) in [6.45, 7) is 3.97. The average Bonchev–Trinajstić information content (AvgIpc) is 2.33. The van der Waals surface area contributed by atoms with Crippen molar-refractivity contribution >= 4 is 0 Å². The molecule has 1 aliphatic rings. The highest BCUT2D eigenvalue weighted by molar-refractivity contribution is 5.31. The maximum absolute atomic E-state index is 14.3. The summed E-state index contributed by atoms with van der Waals surface area (Å²) < 4.78 is 19.2. The molecule has 0 saturated heterocycles. The predicted molar refractivity (Wildman–Crippen MR) is 66.9 cm³/mol. The van der Waals surface area contributed by atoms with Crippen molar-refractivity contribution < 1.29 is 14.2 Å². The van der Waals surface area contributed by atoms with Gasteiger partial charge in [-0.15, -0.1) is 0 Å². The molecule has 1 aliphatic carbocycles. The van der Waals surface area contributed by atoms with Crippen LogP contribution in [0.2, 0.25) is 0 Å². The predicted octanol–water partition coefficient (Wildman–Crippen LogP) is 3.02. The van der Waals surface area contributed by atoms with E-state index in [1.54, 1.807) is 6.07 Å². The number of halogens is 1. The third kappa shape index (κ3) is 1.88. The Morgan fingerprint density at radius 3 is 2.61 bits per heavy atom. The Balaban J connectivity index is 2.52. The standard InChI is InChI=1S/C14H20FNO2/c1-13(2)7-4-5-8-14(13,17)10-6-9-16-12(18-3)11(10)15/h6,9,17H,4-5,7-8H2,1-3H3. The van der Waals surface area contributed by atoms with Gasteiger partial charge < -0.3 is 9.84 Å². The lowest BCUT2D eigenvalue weighted by Crippen LogP contribution is -2.45. The van der Waals surface area contributed by atoms with E-state index in [1.165, 1.54) is 13.3 Å². The number of methoxy groups -OCH3 is 1. The Hall–Kier alpha value is -1.16. The van der Waals surface area contributed by atoms with Crippen molar-refractivity contribution in [3.63, 3.8) is 0 Å². The van der Waals surface area contributed by atoms with Gasteiger partial charge in [-0.25, -0.2) is 9.37 Å². The number of hydrogen-bond donors (Lipinski definition) is 1. The quantitative estimate of drug-likeness (QED) is 0.881. The molecule has 3 nitrogen and oxygen atoms in total. The number of aromatic nitrogens is 1. The monoisotopic (exact) mass is 253 g/mol. The van der Waals surface area contributed by atoms with E-state index < -0.39 is 11.4 Å². The van der Waals surface area contributed by atoms with E-state index in [-0.39, 0.29) is 11.3 Å². The summed E-state index contributed by atoms with van der Waals surface area (Å²) in [5, 5.41) is 10.9. The SMILES string of the molecule is COc1nccc(C2(O)CCCCC2(C)C)c1F. The molecule has 0 aromatic carbocycles. The van der Waals surface area contributed by atoms with Crippen LogP contribution in [0.4, 0.5) is 4.39 Å². The topological polar surface area (TPSA) is 42.4 Å². The summed E-state index contributed by atoms with van der Waals surface area (Å²) >= 11 is 0. The zero-order valence-electron chi connectivity index (χ0n) is 11.2. The third-order valence-corrected chi connectivity index (χ3v) is 4.21. The molecule has 1 N–H and O–H groups in total. The molecular formula is C14H20FNO2. The molecular weight excluding hydrogens is 233 g/mol. The smallest absolute Gasteiger partial charge is 0.250 e. The first kappa shape index (κ1) is 13.3. The minimum absolute atomic E-state index is 0.0534. The van der Waals surface area contributed by atoms with Crippen LogP contribution in [0.15, 0.2) is 12.3 Å². The molecule has 1 fully saturated rings. The van der Waals surface area contributed by atoms with E-state index in [4.69, 9.17) is 4.74 Å². The van der Waals surface area contributed by atoms with Gasteiger partial charge in [-0.2, -0.15) is 0 Å². The van der Waals surface area contributed by atoms with E-state index in [0.717, 1.165) is 19.3 Å². The van der Waals surface area contributed by atoms with Gasteiger partial charge in [0, 0.05) is 11.8 Å². The van der Waals surface area contributed by atoms with E-state index >= 15 is 0 Å². The third-order valence-electron chi connectivity index (χ3n) is 4.21. The van der Waals surface area contributed by atoms with Crippen LogP contribution < -0.4 is 4.74 Å². The minimum Gasteiger partial charge on any atom is -0.479 e. The molecule has 1 aromatic heterocycles. The first-order valence-corrected chi connectivity index (χ1v) is 6.34. The van der Waals surface area contributed by atoms with Crippen LogP contribution in [-0.4, -0.2) is 17.2 Å². The fourth-order valence-corrected chi connectivity index (χ4v) is 2.88. The molecule has 1 saturated carbocycles. The molecule has 100 valence electrons. The van der Waals surface area contributed by atoms with Crippen molar-refractivity contribution in [3.8, 4) is 5.88 Å². The molecule has 0 bridgehead atoms. The summed E-state index contributed by atoms with van der Waals surface area (Å²) in [6, 6.07) is 1.56. The number of rotatable bonds is 2. The Kier molecular flexibility index (Phi) is 3.32. The number of hydrogen-bond acceptors (Lipinski definition) is 3. The second-order valence-electron chi connectivity index (χ2n) is 5.63. The molecule has 0 amide bonds. The Bertz CT molecular complexity index is 447. The molecule has 0 spiro atoms. The summed E-state index contributed by atoms with van der Waals surface area (Å²) in [4.78, 5) is 3.82. The van der Waals surface area contributed by atoms with Crippen molar-refractivity contribution in [2.75, 3.05) is 7.11 Å². The van der Waals surface area contributed by atoms with Gasteiger partial charge in [0.15, 0.2) is 5.82 Å². The van der Waals surface area contributed by atoms with Gasteiger partial charge in [-0.3, -0.25) is 0 Å². The van der Waals surface area contributed by atoms with Crippen molar-refractivity contribution in [1.82, 2.24) is 4.98 Å². The molecule has 1 unspecified atom stereocenters. The van der Waals surface area contributed by atoms with Crippen LogP contribution in [0.5, 0.6) is 5.88 Å². The summed E-state index contributed by atoms with van der Waals surface area (Å²) in [6.07, 6.45) is 4.92. The largest absolute Gasteiger partial charge is 0.479 e. The first-order chi connectivity index (χ1) is 8.42. The Labute approximate surface area is 107 Å². The lowest BCUT2D eigenvalue weighted by molar-refractivity contribution is -0.106. The molecule has 1 aromatic rings. The number of aliphatic hydroxyl groups is 1. The fourth-order valence-electron chi connectivity index (χ4n) is 2.88. The molecule has 0 radical (unpaired) electrons. The molecule has 0 aliphatic heterocycles. The lowest BCUT2D eigenvalue weighted by atomic mass is 9.62. The molecule has 18 heavy (non-hydrogen) atoms. The van der Waals surface area contributed by atoms with E-state index in [9.17, 15) is 9.50 Å². The maximum atomic E-state index is 14.3. The normalized spacial score (nSPS) is 26.9. The average molecular weight is 253 g/mol. The van der Waals surface area contributed by atoms with Crippen LogP contribution in [0.25, 0.3) is 0 Å². The van der Waals surface area contributed by atoms with Gasteiger partial charge in [-0.05, 0) is 24.3 Å². The molecule has 1 heterocycles. The van der Waals surface area contributed by atoms with Crippen LogP contribution in [-0.2, 0) is 5.60 Å². The highest BCUT2D eigenvalue weighted by Gasteiger charge is 2.48. The first-order valence-electron chi connectivity index (χ1n) is 6.34. The van der Waals surface area contributed by atoms with Crippen LogP contribution >= 0.6 is 0 Å². The van der Waals surface area contributed by atoms with Crippen LogP contribution in [0.1, 0.15) is 45.1 Å². The van der Waals surface area contributed by atoms with Crippen LogP contribution in [0.3, 0.4) is 0 Å². The number of ether oxygens (including phenoxy) is 1. The van der Waals surface area contributed by atoms with Gasteiger partial charge in [0.05, 0.1) is 12.7 Å². The van der Waals surface area contributed by atoms with Crippen molar-refractivity contribution in [2.24, 2.45) is 5.41 Å². The number of pyridine rings is 1. The minimum atomic E-state index is -1.15. The summed E-state index contributed by atoms with van der Waals surface area (Å²) in [5.74, 6) is -0.597. The van der Waals surface area contributed by atoms with Gasteiger partial charge in [0.2, 0.25) is 5.88 Å². The Morgan fingerprint density at radius 1 is 1.33 bits per heavy atom. The maximum Gasteiger partial charge on any atom is 0.250 e. The molecule has 4 heteroatoms. The van der Waals surface area contributed by atoms with E-state index in [0.29, 0.717) is 12.0 Å². The van der Waals surface area contributed by atoms with Gasteiger partial charge in [0.25, 0.3) is 0 Å². The lowest BCUT2D eigenvalue weighted by Gasteiger charge is -2.46. The zero-order chi connectivity index (χ0) is 13.4. The van der Waals surface area contributed by atoms with Gasteiger partial charge >= 0.3 is 0 Å². The molecule has 2 rings (SSSR count). The highest BCUT2D eigenvalue weighted by atomic mass is 19.1. The van der Waals surface area contributed by atoms with Crippen molar-refractivity contribution in [1.29, 1.82) is 0 Å². The fraction of sp³-hybridized carbons (Fsp3) is 0.643.